The summed E-state index contributed by atoms with van der Waals surface area (Å²) in [5, 5.41) is 5.83. The first-order valence-corrected chi connectivity index (χ1v) is 6.73. The zero-order valence-corrected chi connectivity index (χ0v) is 11.8. The van der Waals surface area contributed by atoms with Gasteiger partial charge in [0.25, 0.3) is 5.91 Å². The first kappa shape index (κ1) is 14.1. The topological polar surface area (TPSA) is 54.0 Å². The highest BCUT2D eigenvalue weighted by molar-refractivity contribution is 5.98. The summed E-state index contributed by atoms with van der Waals surface area (Å²) in [7, 11) is 1.75. The quantitative estimate of drug-likeness (QED) is 0.877. The van der Waals surface area contributed by atoms with E-state index in [9.17, 15) is 4.79 Å². The third-order valence-corrected chi connectivity index (χ3v) is 3.17. The molecule has 0 radical (unpaired) electrons. The Morgan fingerprint density at radius 1 is 1.15 bits per heavy atom. The van der Waals surface area contributed by atoms with Gasteiger partial charge in [0.15, 0.2) is 0 Å². The third-order valence-electron chi connectivity index (χ3n) is 3.17. The molecule has 0 saturated heterocycles. The van der Waals surface area contributed by atoms with Gasteiger partial charge in [-0.2, -0.15) is 0 Å². The van der Waals surface area contributed by atoms with Crippen LogP contribution in [0, 0.1) is 0 Å². The van der Waals surface area contributed by atoms with Crippen LogP contribution in [0.1, 0.15) is 28.4 Å². The second-order valence-corrected chi connectivity index (χ2v) is 4.50. The molecule has 4 heteroatoms. The Labute approximate surface area is 119 Å². The highest BCUT2D eigenvalue weighted by atomic mass is 16.1. The number of amides is 1. The van der Waals surface area contributed by atoms with Crippen molar-refractivity contribution in [2.45, 2.75) is 19.9 Å². The summed E-state index contributed by atoms with van der Waals surface area (Å²) in [6, 6.07) is 11.8. The van der Waals surface area contributed by atoms with Gasteiger partial charge in [0, 0.05) is 19.8 Å². The second kappa shape index (κ2) is 6.70. The number of carbonyl (C=O) groups is 1. The van der Waals surface area contributed by atoms with E-state index in [4.69, 9.17) is 0 Å². The van der Waals surface area contributed by atoms with E-state index in [0.717, 1.165) is 12.0 Å². The Hall–Kier alpha value is -2.36. The lowest BCUT2D eigenvalue weighted by atomic mass is 10.1. The molecule has 1 aromatic carbocycles. The number of hydrogen-bond donors (Lipinski definition) is 2. The molecule has 1 heterocycles. The number of nitrogens with zero attached hydrogens (tertiary/aromatic N) is 1. The monoisotopic (exact) mass is 269 g/mol. The van der Waals surface area contributed by atoms with Gasteiger partial charge in [-0.25, -0.2) is 4.98 Å². The molecule has 1 aromatic heterocycles. The van der Waals surface area contributed by atoms with E-state index in [2.05, 4.69) is 34.7 Å². The number of anilines is 1. The Morgan fingerprint density at radius 3 is 2.50 bits per heavy atom. The van der Waals surface area contributed by atoms with Gasteiger partial charge in [-0.3, -0.25) is 4.79 Å². The van der Waals surface area contributed by atoms with Crippen LogP contribution in [-0.4, -0.2) is 17.9 Å². The average molecular weight is 269 g/mol. The van der Waals surface area contributed by atoms with Crippen molar-refractivity contribution in [3.05, 3.63) is 59.3 Å². The minimum atomic E-state index is -0.123. The van der Waals surface area contributed by atoms with E-state index in [0.29, 0.717) is 17.9 Å². The molecule has 0 aliphatic rings. The molecule has 4 nitrogen and oxygen atoms in total. The predicted octanol–water partition coefficient (Wildman–Crippen LogP) is 2.62. The van der Waals surface area contributed by atoms with Crippen molar-refractivity contribution < 1.29 is 4.79 Å². The maximum absolute atomic E-state index is 12.1. The fourth-order valence-electron chi connectivity index (χ4n) is 1.96. The molecule has 0 saturated carbocycles. The van der Waals surface area contributed by atoms with Gasteiger partial charge in [0.1, 0.15) is 5.82 Å². The molecule has 0 aliphatic carbocycles. The lowest BCUT2D eigenvalue weighted by molar-refractivity contribution is 0.0951. The van der Waals surface area contributed by atoms with E-state index in [1.165, 1.54) is 5.56 Å². The third kappa shape index (κ3) is 3.35. The average Bonchev–Trinajstić information content (AvgIpc) is 2.53. The van der Waals surface area contributed by atoms with Gasteiger partial charge < -0.3 is 10.6 Å². The zero-order valence-electron chi connectivity index (χ0n) is 11.8. The molecule has 0 bridgehead atoms. The zero-order chi connectivity index (χ0) is 14.4. The van der Waals surface area contributed by atoms with Gasteiger partial charge in [-0.05, 0) is 29.7 Å². The van der Waals surface area contributed by atoms with Crippen LogP contribution in [0.25, 0.3) is 0 Å². The van der Waals surface area contributed by atoms with Gasteiger partial charge in [0.05, 0.1) is 5.56 Å². The molecular weight excluding hydrogens is 250 g/mol. The number of aromatic nitrogens is 1. The smallest absolute Gasteiger partial charge is 0.255 e. The minimum absolute atomic E-state index is 0.123. The van der Waals surface area contributed by atoms with Crippen LogP contribution >= 0.6 is 0 Å². The predicted molar refractivity (Wildman–Crippen MR) is 80.8 cm³/mol. The lowest BCUT2D eigenvalue weighted by Crippen LogP contribution is -2.24. The van der Waals surface area contributed by atoms with Gasteiger partial charge >= 0.3 is 0 Å². The van der Waals surface area contributed by atoms with Crippen molar-refractivity contribution in [2.75, 3.05) is 12.4 Å². The molecule has 104 valence electrons. The number of carbonyl (C=O) groups excluding carboxylic acids is 1. The molecule has 0 unspecified atom stereocenters. The molecule has 2 aromatic rings. The summed E-state index contributed by atoms with van der Waals surface area (Å²) in [5.74, 6) is 0.466. The molecule has 2 rings (SSSR count). The van der Waals surface area contributed by atoms with E-state index >= 15 is 0 Å². The number of nitrogens with one attached hydrogen (secondary N) is 2. The Morgan fingerprint density at radius 2 is 1.85 bits per heavy atom. The highest BCUT2D eigenvalue weighted by Gasteiger charge is 2.10. The minimum Gasteiger partial charge on any atom is -0.372 e. The summed E-state index contributed by atoms with van der Waals surface area (Å²) < 4.78 is 0. The molecule has 20 heavy (non-hydrogen) atoms. The van der Waals surface area contributed by atoms with Crippen LogP contribution in [0.3, 0.4) is 0 Å². The van der Waals surface area contributed by atoms with Crippen molar-refractivity contribution in [1.82, 2.24) is 10.3 Å². The largest absolute Gasteiger partial charge is 0.372 e. The van der Waals surface area contributed by atoms with Gasteiger partial charge in [-0.15, -0.1) is 0 Å². The molecule has 2 N–H and O–H groups in total. The Bertz CT molecular complexity index is 579. The van der Waals surface area contributed by atoms with Crippen molar-refractivity contribution >= 4 is 11.7 Å². The number of pyridine rings is 1. The maximum atomic E-state index is 12.1. The highest BCUT2D eigenvalue weighted by Crippen LogP contribution is 2.11. The molecule has 0 atom stereocenters. The molecular formula is C16H19N3O. The van der Waals surface area contributed by atoms with Crippen LogP contribution in [0.5, 0.6) is 0 Å². The Kier molecular flexibility index (Phi) is 4.71. The molecule has 0 aliphatic heterocycles. The van der Waals surface area contributed by atoms with Crippen LogP contribution in [0.15, 0.2) is 42.6 Å². The fraction of sp³-hybridized carbons (Fsp3) is 0.250. The maximum Gasteiger partial charge on any atom is 0.255 e. The van der Waals surface area contributed by atoms with Crippen molar-refractivity contribution in [2.24, 2.45) is 0 Å². The van der Waals surface area contributed by atoms with Crippen molar-refractivity contribution in [3.8, 4) is 0 Å². The molecule has 0 fully saturated rings. The van der Waals surface area contributed by atoms with E-state index < -0.39 is 0 Å². The second-order valence-electron chi connectivity index (χ2n) is 4.50. The normalized spacial score (nSPS) is 10.1. The summed E-state index contributed by atoms with van der Waals surface area (Å²) >= 11 is 0. The van der Waals surface area contributed by atoms with Crippen molar-refractivity contribution in [1.29, 1.82) is 0 Å². The SMILES string of the molecule is CCc1ccc(CNC(=O)c2cccnc2NC)cc1. The van der Waals surface area contributed by atoms with Gasteiger partial charge in [0.2, 0.25) is 0 Å². The number of rotatable bonds is 5. The number of aryl methyl sites for hydroxylation is 1. The van der Waals surface area contributed by atoms with Gasteiger partial charge in [-0.1, -0.05) is 31.2 Å². The lowest BCUT2D eigenvalue weighted by Gasteiger charge is -2.09. The van der Waals surface area contributed by atoms with E-state index in [1.807, 2.05) is 12.1 Å². The van der Waals surface area contributed by atoms with Crippen LogP contribution in [0.4, 0.5) is 5.82 Å². The standard InChI is InChI=1S/C16H19N3O/c1-3-12-6-8-13(9-7-12)11-19-16(20)14-5-4-10-18-15(14)17-2/h4-10H,3,11H2,1-2H3,(H,17,18)(H,19,20). The van der Waals surface area contributed by atoms with E-state index in [1.54, 1.807) is 25.4 Å². The van der Waals surface area contributed by atoms with E-state index in [-0.39, 0.29) is 5.91 Å². The summed E-state index contributed by atoms with van der Waals surface area (Å²) in [6.07, 6.45) is 2.68. The fourth-order valence-corrected chi connectivity index (χ4v) is 1.96. The number of hydrogen-bond acceptors (Lipinski definition) is 3. The van der Waals surface area contributed by atoms with Crippen LogP contribution in [-0.2, 0) is 13.0 Å². The van der Waals surface area contributed by atoms with Crippen LogP contribution < -0.4 is 10.6 Å². The molecule has 1 amide bonds. The summed E-state index contributed by atoms with van der Waals surface area (Å²) in [5.41, 5.74) is 2.94. The first-order chi connectivity index (χ1) is 9.74. The Balaban J connectivity index is 2.01. The molecule has 0 spiro atoms. The van der Waals surface area contributed by atoms with Crippen molar-refractivity contribution in [3.63, 3.8) is 0 Å². The summed E-state index contributed by atoms with van der Waals surface area (Å²) in [6.45, 7) is 2.64. The number of benzene rings is 1. The first-order valence-electron chi connectivity index (χ1n) is 6.73. The van der Waals surface area contributed by atoms with Crippen LogP contribution in [0.2, 0.25) is 0 Å². The summed E-state index contributed by atoms with van der Waals surface area (Å²) in [4.78, 5) is 16.3.